The number of nitrogens with zero attached hydrogens (tertiary/aromatic N) is 1. The lowest BCUT2D eigenvalue weighted by Gasteiger charge is -2.28. The first-order chi connectivity index (χ1) is 16.0. The molecule has 0 saturated heterocycles. The number of carbonyl (C=O) groups is 2. The van der Waals surface area contributed by atoms with E-state index < -0.39 is 5.91 Å². The maximum Gasteiger partial charge on any atom is 0.284 e. The predicted octanol–water partition coefficient (Wildman–Crippen LogP) is 4.61. The number of amides is 2. The summed E-state index contributed by atoms with van der Waals surface area (Å²) in [7, 11) is 0. The molecule has 0 atom stereocenters. The maximum atomic E-state index is 13.7. The lowest BCUT2D eigenvalue weighted by molar-refractivity contribution is -0.125. The van der Waals surface area contributed by atoms with Crippen molar-refractivity contribution < 1.29 is 19.2 Å². The second-order valence-corrected chi connectivity index (χ2v) is 8.97. The zero-order chi connectivity index (χ0) is 22.9. The lowest BCUT2D eigenvalue weighted by Crippen LogP contribution is -2.35. The van der Waals surface area contributed by atoms with Gasteiger partial charge in [0.25, 0.3) is 11.8 Å². The molecule has 0 bridgehead atoms. The van der Waals surface area contributed by atoms with E-state index in [9.17, 15) is 14.0 Å². The molecule has 0 spiro atoms. The summed E-state index contributed by atoms with van der Waals surface area (Å²) in [6.07, 6.45) is 4.31. The number of thiophene rings is 1. The molecule has 4 aromatic rings. The van der Waals surface area contributed by atoms with Gasteiger partial charge in [0.2, 0.25) is 0 Å². The number of aromatic amines is 1. The van der Waals surface area contributed by atoms with Gasteiger partial charge >= 0.3 is 0 Å². The van der Waals surface area contributed by atoms with Crippen LogP contribution in [0.25, 0.3) is 22.6 Å². The Labute approximate surface area is 192 Å². The Morgan fingerprint density at radius 1 is 1.15 bits per heavy atom. The van der Waals surface area contributed by atoms with Crippen LogP contribution in [-0.2, 0) is 17.8 Å². The Hall–Kier alpha value is -3.75. The van der Waals surface area contributed by atoms with Gasteiger partial charge in [0.15, 0.2) is 0 Å². The Morgan fingerprint density at radius 2 is 1.94 bits per heavy atom. The van der Waals surface area contributed by atoms with Crippen molar-refractivity contribution in [1.29, 1.82) is 0 Å². The normalized spacial score (nSPS) is 13.8. The molecule has 0 saturated carbocycles. The summed E-state index contributed by atoms with van der Waals surface area (Å²) in [5.74, 6) is -1.09. The number of carbonyl (C=O) groups excluding carboxylic acids is 2. The fraction of sp³-hybridized carbons (Fsp3) is 0.120. The number of fused-ring (bicyclic) bond motifs is 2. The van der Waals surface area contributed by atoms with E-state index in [-0.39, 0.29) is 11.7 Å². The topological polar surface area (TPSA) is 85.4 Å². The quantitative estimate of drug-likeness (QED) is 0.236. The van der Waals surface area contributed by atoms with Gasteiger partial charge in [0.1, 0.15) is 5.82 Å². The van der Waals surface area contributed by atoms with Gasteiger partial charge in [-0.15, -0.1) is 11.3 Å². The maximum absolute atomic E-state index is 13.7. The SMILES string of the molecule is O=C(NO)c1cc2c(s1)CCN(C(=O)C(=Cc1c[nH]c3ccccc13)c1ccc(F)cc1)C2. The van der Waals surface area contributed by atoms with Crippen LogP contribution in [0, 0.1) is 5.82 Å². The van der Waals surface area contributed by atoms with E-state index >= 15 is 0 Å². The van der Waals surface area contributed by atoms with Crippen molar-refractivity contribution >= 4 is 45.7 Å². The number of para-hydroxylation sites is 1. The standard InChI is InChI=1S/C25H20FN3O3S/c26-18-7-5-15(6-8-18)20(11-16-13-27-21-4-2-1-3-19(16)21)25(31)29-10-9-22-17(14-29)12-23(33-22)24(30)28-32/h1-8,11-13,27,32H,9-10,14H2,(H,28,30). The highest BCUT2D eigenvalue weighted by atomic mass is 32.1. The molecule has 8 heteroatoms. The fourth-order valence-electron chi connectivity index (χ4n) is 4.11. The Kier molecular flexibility index (Phi) is 5.53. The molecule has 2 amide bonds. The summed E-state index contributed by atoms with van der Waals surface area (Å²) in [5, 5.41) is 9.90. The van der Waals surface area contributed by atoms with Crippen LogP contribution in [0.2, 0.25) is 0 Å². The molecule has 1 aliphatic heterocycles. The van der Waals surface area contributed by atoms with Gasteiger partial charge < -0.3 is 9.88 Å². The average molecular weight is 462 g/mol. The zero-order valence-corrected chi connectivity index (χ0v) is 18.3. The van der Waals surface area contributed by atoms with Crippen LogP contribution < -0.4 is 5.48 Å². The first-order valence-corrected chi connectivity index (χ1v) is 11.2. The Balaban J connectivity index is 1.52. The Morgan fingerprint density at radius 3 is 2.73 bits per heavy atom. The monoisotopic (exact) mass is 461 g/mol. The molecule has 0 fully saturated rings. The highest BCUT2D eigenvalue weighted by molar-refractivity contribution is 7.14. The molecule has 2 aromatic carbocycles. The number of rotatable bonds is 4. The third kappa shape index (κ3) is 4.06. The number of benzene rings is 2. The summed E-state index contributed by atoms with van der Waals surface area (Å²) in [4.78, 5) is 31.9. The third-order valence-corrected chi connectivity index (χ3v) is 7.02. The van der Waals surface area contributed by atoms with E-state index in [4.69, 9.17) is 5.21 Å². The van der Waals surface area contributed by atoms with Gasteiger partial charge in [-0.1, -0.05) is 30.3 Å². The van der Waals surface area contributed by atoms with Crippen LogP contribution >= 0.6 is 11.3 Å². The van der Waals surface area contributed by atoms with E-state index in [2.05, 4.69) is 4.98 Å². The summed E-state index contributed by atoms with van der Waals surface area (Å²) in [5.41, 5.74) is 5.47. The van der Waals surface area contributed by atoms with Crippen LogP contribution in [0.4, 0.5) is 4.39 Å². The summed E-state index contributed by atoms with van der Waals surface area (Å²) < 4.78 is 13.6. The molecule has 6 nitrogen and oxygen atoms in total. The summed E-state index contributed by atoms with van der Waals surface area (Å²) in [6, 6.07) is 15.5. The van der Waals surface area contributed by atoms with Gasteiger partial charge in [0.05, 0.1) is 4.88 Å². The molecule has 0 unspecified atom stereocenters. The average Bonchev–Trinajstić information content (AvgIpc) is 3.46. The second-order valence-electron chi connectivity index (χ2n) is 7.83. The van der Waals surface area contributed by atoms with Gasteiger partial charge in [-0.3, -0.25) is 14.8 Å². The van der Waals surface area contributed by atoms with Crippen LogP contribution in [0.3, 0.4) is 0 Å². The molecule has 5 rings (SSSR count). The largest absolute Gasteiger partial charge is 0.361 e. The zero-order valence-electron chi connectivity index (χ0n) is 17.5. The predicted molar refractivity (Wildman–Crippen MR) is 125 cm³/mol. The van der Waals surface area contributed by atoms with Crippen LogP contribution in [0.1, 0.15) is 31.2 Å². The minimum absolute atomic E-state index is 0.170. The van der Waals surface area contributed by atoms with Crippen molar-refractivity contribution in [2.75, 3.05) is 6.54 Å². The van der Waals surface area contributed by atoms with Gasteiger partial charge in [-0.2, -0.15) is 0 Å². The Bertz CT molecular complexity index is 1390. The molecule has 3 heterocycles. The van der Waals surface area contributed by atoms with Crippen molar-refractivity contribution in [3.63, 3.8) is 0 Å². The molecule has 0 aliphatic carbocycles. The van der Waals surface area contributed by atoms with E-state index in [1.807, 2.05) is 36.5 Å². The number of hydrogen-bond acceptors (Lipinski definition) is 4. The van der Waals surface area contributed by atoms with Gasteiger partial charge in [0, 0.05) is 46.2 Å². The van der Waals surface area contributed by atoms with Crippen molar-refractivity contribution in [2.24, 2.45) is 0 Å². The minimum atomic E-state index is -0.557. The number of halogens is 1. The third-order valence-electron chi connectivity index (χ3n) is 5.79. The summed E-state index contributed by atoms with van der Waals surface area (Å²) >= 11 is 1.32. The molecule has 2 aromatic heterocycles. The number of hydroxylamine groups is 1. The minimum Gasteiger partial charge on any atom is -0.361 e. The highest BCUT2D eigenvalue weighted by Crippen LogP contribution is 2.31. The van der Waals surface area contributed by atoms with Crippen LogP contribution in [0.5, 0.6) is 0 Å². The number of H-pyrrole nitrogens is 1. The molecule has 1 aliphatic rings. The summed E-state index contributed by atoms with van der Waals surface area (Å²) in [6.45, 7) is 0.856. The van der Waals surface area contributed by atoms with E-state index in [0.717, 1.165) is 26.9 Å². The van der Waals surface area contributed by atoms with Gasteiger partial charge in [-0.05, 0) is 47.9 Å². The van der Waals surface area contributed by atoms with Crippen molar-refractivity contribution in [3.05, 3.63) is 93.1 Å². The van der Waals surface area contributed by atoms with Crippen molar-refractivity contribution in [2.45, 2.75) is 13.0 Å². The second kappa shape index (κ2) is 8.65. The van der Waals surface area contributed by atoms with E-state index in [0.29, 0.717) is 35.5 Å². The molecular formula is C25H20FN3O3S. The van der Waals surface area contributed by atoms with Crippen LogP contribution in [0.15, 0.2) is 60.8 Å². The highest BCUT2D eigenvalue weighted by Gasteiger charge is 2.27. The molecule has 166 valence electrons. The van der Waals surface area contributed by atoms with E-state index in [1.54, 1.807) is 28.6 Å². The first-order valence-electron chi connectivity index (χ1n) is 10.4. The lowest BCUT2D eigenvalue weighted by atomic mass is 9.99. The van der Waals surface area contributed by atoms with E-state index in [1.165, 1.54) is 23.5 Å². The van der Waals surface area contributed by atoms with Crippen LogP contribution in [-0.4, -0.2) is 33.5 Å². The molecule has 3 N–H and O–H groups in total. The number of nitrogens with one attached hydrogen (secondary N) is 2. The van der Waals surface area contributed by atoms with Crippen molar-refractivity contribution in [1.82, 2.24) is 15.4 Å². The molecular weight excluding hydrogens is 441 g/mol. The molecule has 33 heavy (non-hydrogen) atoms. The number of aromatic nitrogens is 1. The van der Waals surface area contributed by atoms with Crippen molar-refractivity contribution in [3.8, 4) is 0 Å². The fourth-order valence-corrected chi connectivity index (χ4v) is 5.16. The smallest absolute Gasteiger partial charge is 0.284 e. The number of hydrogen-bond donors (Lipinski definition) is 3. The van der Waals surface area contributed by atoms with Gasteiger partial charge in [-0.25, -0.2) is 9.87 Å². The molecule has 0 radical (unpaired) electrons. The first kappa shape index (κ1) is 21.1.